The minimum absolute atomic E-state index is 0.115. The van der Waals surface area contributed by atoms with E-state index in [1.807, 2.05) is 12.1 Å². The summed E-state index contributed by atoms with van der Waals surface area (Å²) in [7, 11) is 2.15. The van der Waals surface area contributed by atoms with Crippen molar-refractivity contribution in [3.63, 3.8) is 0 Å². The van der Waals surface area contributed by atoms with Gasteiger partial charge in [0, 0.05) is 19.1 Å². The highest BCUT2D eigenvalue weighted by Gasteiger charge is 2.32. The fourth-order valence-corrected chi connectivity index (χ4v) is 2.37. The fraction of sp³-hybridized carbons (Fsp3) is 0.571. The van der Waals surface area contributed by atoms with Crippen LogP contribution < -0.4 is 5.73 Å². The van der Waals surface area contributed by atoms with Crippen molar-refractivity contribution < 1.29 is 5.11 Å². The van der Waals surface area contributed by atoms with Crippen LogP contribution in [0.25, 0.3) is 0 Å². The standard InChI is InChI=1S/C14H22N2O/c1-16(14(8-15)13-6-7-13)9-11-2-4-12(10-17)5-3-11/h2-5,13-14,17H,6-10,15H2,1H3. The minimum Gasteiger partial charge on any atom is -0.392 e. The molecule has 1 unspecified atom stereocenters. The van der Waals surface area contributed by atoms with Crippen molar-refractivity contribution in [1.29, 1.82) is 0 Å². The van der Waals surface area contributed by atoms with Crippen molar-refractivity contribution in [3.8, 4) is 0 Å². The Bertz CT molecular complexity index is 346. The van der Waals surface area contributed by atoms with Gasteiger partial charge in [0.05, 0.1) is 6.61 Å². The van der Waals surface area contributed by atoms with Gasteiger partial charge in [-0.15, -0.1) is 0 Å². The molecule has 0 amide bonds. The molecule has 0 radical (unpaired) electrons. The average Bonchev–Trinajstić information content (AvgIpc) is 3.15. The molecule has 0 aliphatic heterocycles. The largest absolute Gasteiger partial charge is 0.392 e. The van der Waals surface area contributed by atoms with Gasteiger partial charge in [-0.2, -0.15) is 0 Å². The second-order valence-corrected chi connectivity index (χ2v) is 5.03. The van der Waals surface area contributed by atoms with Crippen LogP contribution in [0.2, 0.25) is 0 Å². The fourth-order valence-electron chi connectivity index (χ4n) is 2.37. The maximum atomic E-state index is 8.99. The van der Waals surface area contributed by atoms with Crippen LogP contribution in [0.5, 0.6) is 0 Å². The van der Waals surface area contributed by atoms with E-state index in [1.165, 1.54) is 18.4 Å². The first-order valence-corrected chi connectivity index (χ1v) is 6.33. The van der Waals surface area contributed by atoms with Crippen LogP contribution in [0.1, 0.15) is 24.0 Å². The highest BCUT2D eigenvalue weighted by atomic mass is 16.3. The van der Waals surface area contributed by atoms with Crippen molar-refractivity contribution in [2.75, 3.05) is 13.6 Å². The molecule has 1 aliphatic rings. The number of likely N-dealkylation sites (N-methyl/N-ethyl adjacent to an activating group) is 1. The van der Waals surface area contributed by atoms with Crippen molar-refractivity contribution >= 4 is 0 Å². The Labute approximate surface area is 103 Å². The molecule has 1 aliphatic carbocycles. The maximum Gasteiger partial charge on any atom is 0.0681 e. The van der Waals surface area contributed by atoms with Gasteiger partial charge in [-0.3, -0.25) is 4.90 Å². The Morgan fingerprint density at radius 1 is 1.29 bits per heavy atom. The molecule has 1 aromatic rings. The Morgan fingerprint density at radius 3 is 2.35 bits per heavy atom. The number of rotatable bonds is 6. The van der Waals surface area contributed by atoms with E-state index in [1.54, 1.807) is 0 Å². The lowest BCUT2D eigenvalue weighted by molar-refractivity contribution is 0.215. The zero-order chi connectivity index (χ0) is 12.3. The summed E-state index contributed by atoms with van der Waals surface area (Å²) >= 11 is 0. The third-order valence-electron chi connectivity index (χ3n) is 3.61. The summed E-state index contributed by atoms with van der Waals surface area (Å²) in [4.78, 5) is 2.35. The Hall–Kier alpha value is -0.900. The number of aliphatic hydroxyl groups excluding tert-OH is 1. The lowest BCUT2D eigenvalue weighted by atomic mass is 10.1. The minimum atomic E-state index is 0.115. The van der Waals surface area contributed by atoms with Gasteiger partial charge >= 0.3 is 0 Å². The van der Waals surface area contributed by atoms with Gasteiger partial charge in [0.25, 0.3) is 0 Å². The number of nitrogens with two attached hydrogens (primary N) is 1. The summed E-state index contributed by atoms with van der Waals surface area (Å²) in [5.41, 5.74) is 8.09. The predicted octanol–water partition coefficient (Wildman–Crippen LogP) is 1.35. The normalized spacial score (nSPS) is 17.4. The first kappa shape index (κ1) is 12.6. The molecule has 94 valence electrons. The molecule has 0 aromatic heterocycles. The molecular formula is C14H22N2O. The predicted molar refractivity (Wildman–Crippen MR) is 69.4 cm³/mol. The lowest BCUT2D eigenvalue weighted by Gasteiger charge is -2.27. The van der Waals surface area contributed by atoms with Gasteiger partial charge in [-0.1, -0.05) is 24.3 Å². The summed E-state index contributed by atoms with van der Waals surface area (Å²) < 4.78 is 0. The van der Waals surface area contributed by atoms with Gasteiger partial charge in [-0.25, -0.2) is 0 Å². The summed E-state index contributed by atoms with van der Waals surface area (Å²) in [5.74, 6) is 0.807. The van der Waals surface area contributed by atoms with Crippen LogP contribution >= 0.6 is 0 Å². The number of hydrogen-bond acceptors (Lipinski definition) is 3. The molecule has 0 heterocycles. The van der Waals surface area contributed by atoms with E-state index in [4.69, 9.17) is 10.8 Å². The van der Waals surface area contributed by atoms with Gasteiger partial charge < -0.3 is 10.8 Å². The van der Waals surface area contributed by atoms with Crippen LogP contribution in [0.3, 0.4) is 0 Å². The van der Waals surface area contributed by atoms with Crippen LogP contribution in [0.15, 0.2) is 24.3 Å². The van der Waals surface area contributed by atoms with Gasteiger partial charge in [0.1, 0.15) is 0 Å². The zero-order valence-corrected chi connectivity index (χ0v) is 10.5. The average molecular weight is 234 g/mol. The van der Waals surface area contributed by atoms with Crippen molar-refractivity contribution in [3.05, 3.63) is 35.4 Å². The number of nitrogens with zero attached hydrogens (tertiary/aromatic N) is 1. The topological polar surface area (TPSA) is 49.5 Å². The van der Waals surface area contributed by atoms with E-state index >= 15 is 0 Å². The molecule has 1 aromatic carbocycles. The smallest absolute Gasteiger partial charge is 0.0681 e. The number of hydrogen-bond donors (Lipinski definition) is 2. The van der Waals surface area contributed by atoms with Crippen molar-refractivity contribution in [2.24, 2.45) is 11.7 Å². The Morgan fingerprint density at radius 2 is 1.88 bits per heavy atom. The summed E-state index contributed by atoms with van der Waals surface area (Å²) in [5, 5.41) is 8.99. The third kappa shape index (κ3) is 3.28. The van der Waals surface area contributed by atoms with Crippen molar-refractivity contribution in [1.82, 2.24) is 4.90 Å². The van der Waals surface area contributed by atoms with Gasteiger partial charge in [-0.05, 0) is 36.9 Å². The van der Waals surface area contributed by atoms with Crippen molar-refractivity contribution in [2.45, 2.75) is 32.0 Å². The SMILES string of the molecule is CN(Cc1ccc(CO)cc1)C(CN)C1CC1. The van der Waals surface area contributed by atoms with E-state index < -0.39 is 0 Å². The second kappa shape index (κ2) is 5.63. The van der Waals surface area contributed by atoms with E-state index in [0.29, 0.717) is 6.04 Å². The second-order valence-electron chi connectivity index (χ2n) is 5.03. The Kier molecular flexibility index (Phi) is 4.15. The monoisotopic (exact) mass is 234 g/mol. The highest BCUT2D eigenvalue weighted by Crippen LogP contribution is 2.34. The van der Waals surface area contributed by atoms with E-state index in [2.05, 4.69) is 24.1 Å². The molecule has 3 nitrogen and oxygen atoms in total. The lowest BCUT2D eigenvalue weighted by Crippen LogP contribution is -2.39. The summed E-state index contributed by atoms with van der Waals surface area (Å²) in [6.07, 6.45) is 2.66. The molecule has 2 rings (SSSR count). The van der Waals surface area contributed by atoms with Crippen LogP contribution in [-0.4, -0.2) is 29.6 Å². The highest BCUT2D eigenvalue weighted by molar-refractivity contribution is 5.22. The summed E-state index contributed by atoms with van der Waals surface area (Å²) in [6, 6.07) is 8.66. The van der Waals surface area contributed by atoms with Crippen LogP contribution in [0, 0.1) is 5.92 Å². The Balaban J connectivity index is 1.93. The number of aliphatic hydroxyl groups is 1. The van der Waals surface area contributed by atoms with E-state index in [-0.39, 0.29) is 6.61 Å². The molecule has 3 N–H and O–H groups in total. The molecule has 1 fully saturated rings. The molecule has 17 heavy (non-hydrogen) atoms. The van der Waals surface area contributed by atoms with Crippen LogP contribution in [-0.2, 0) is 13.2 Å². The quantitative estimate of drug-likeness (QED) is 0.781. The number of benzene rings is 1. The van der Waals surface area contributed by atoms with Gasteiger partial charge in [0.2, 0.25) is 0 Å². The zero-order valence-electron chi connectivity index (χ0n) is 10.5. The molecular weight excluding hydrogens is 212 g/mol. The molecule has 0 bridgehead atoms. The molecule has 0 saturated heterocycles. The summed E-state index contributed by atoms with van der Waals surface area (Å²) in [6.45, 7) is 1.80. The molecule has 1 saturated carbocycles. The first-order valence-electron chi connectivity index (χ1n) is 6.33. The van der Waals surface area contributed by atoms with Gasteiger partial charge in [0.15, 0.2) is 0 Å². The van der Waals surface area contributed by atoms with Crippen LogP contribution in [0.4, 0.5) is 0 Å². The molecule has 1 atom stereocenters. The van der Waals surface area contributed by atoms with E-state index in [9.17, 15) is 0 Å². The van der Waals surface area contributed by atoms with E-state index in [0.717, 1.165) is 24.6 Å². The third-order valence-corrected chi connectivity index (χ3v) is 3.61. The maximum absolute atomic E-state index is 8.99. The first-order chi connectivity index (χ1) is 8.24. The molecule has 0 spiro atoms. The molecule has 3 heteroatoms.